The van der Waals surface area contributed by atoms with Crippen LogP contribution >= 0.6 is 11.6 Å². The van der Waals surface area contributed by atoms with Crippen LogP contribution < -0.4 is 15.8 Å². The molecule has 6 heteroatoms. The van der Waals surface area contributed by atoms with Crippen LogP contribution in [0.15, 0.2) is 36.4 Å². The maximum Gasteiger partial charge on any atom is 0.248 e. The van der Waals surface area contributed by atoms with Crippen molar-refractivity contribution in [2.45, 2.75) is 6.54 Å². The van der Waals surface area contributed by atoms with Crippen molar-refractivity contribution in [2.24, 2.45) is 5.73 Å². The van der Waals surface area contributed by atoms with Crippen LogP contribution in [0.2, 0.25) is 5.02 Å². The first-order valence-electron chi connectivity index (χ1n) is 6.17. The fraction of sp³-hybridized carbons (Fsp3) is 0.133. The average molecular weight is 309 g/mol. The lowest BCUT2D eigenvalue weighted by Gasteiger charge is -2.10. The number of nitrogens with one attached hydrogen (secondary N) is 1. The van der Waals surface area contributed by atoms with Crippen molar-refractivity contribution in [3.05, 3.63) is 58.4 Å². The minimum atomic E-state index is -0.594. The van der Waals surface area contributed by atoms with Crippen molar-refractivity contribution in [1.29, 1.82) is 0 Å². The minimum absolute atomic E-state index is 0.204. The number of benzene rings is 2. The second-order valence-corrected chi connectivity index (χ2v) is 4.78. The van der Waals surface area contributed by atoms with Crippen LogP contribution in [0.3, 0.4) is 0 Å². The van der Waals surface area contributed by atoms with Crippen LogP contribution in [0.4, 0.5) is 10.1 Å². The van der Waals surface area contributed by atoms with E-state index in [1.807, 2.05) is 0 Å². The highest BCUT2D eigenvalue weighted by Crippen LogP contribution is 2.27. The van der Waals surface area contributed by atoms with Crippen LogP contribution in [0.1, 0.15) is 15.9 Å². The van der Waals surface area contributed by atoms with Gasteiger partial charge in [0.05, 0.1) is 12.1 Å². The quantitative estimate of drug-likeness (QED) is 0.891. The van der Waals surface area contributed by atoms with E-state index in [0.29, 0.717) is 22.0 Å². The Kier molecular flexibility index (Phi) is 4.65. The predicted molar refractivity (Wildman–Crippen MR) is 80.2 cm³/mol. The molecule has 0 unspecified atom stereocenters. The van der Waals surface area contributed by atoms with Gasteiger partial charge >= 0.3 is 0 Å². The lowest BCUT2D eigenvalue weighted by atomic mass is 10.1. The Bertz CT molecular complexity index is 677. The molecule has 0 aliphatic rings. The third kappa shape index (κ3) is 3.64. The number of primary amides is 1. The SMILES string of the molecule is COc1ccc(NCc2cc(C(N)=O)ccc2F)cc1Cl. The van der Waals surface area contributed by atoms with Gasteiger partial charge in [-0.15, -0.1) is 0 Å². The summed E-state index contributed by atoms with van der Waals surface area (Å²) in [5.74, 6) is -0.444. The number of nitrogens with two attached hydrogens (primary N) is 1. The molecule has 2 aromatic rings. The summed E-state index contributed by atoms with van der Waals surface area (Å²) in [5.41, 5.74) is 6.50. The molecule has 1 amide bonds. The van der Waals surface area contributed by atoms with Crippen molar-refractivity contribution < 1.29 is 13.9 Å². The summed E-state index contributed by atoms with van der Waals surface area (Å²) >= 11 is 6.01. The predicted octanol–water partition coefficient (Wildman–Crippen LogP) is 3.20. The molecule has 0 aromatic heterocycles. The van der Waals surface area contributed by atoms with Crippen molar-refractivity contribution in [1.82, 2.24) is 0 Å². The molecule has 2 rings (SSSR count). The summed E-state index contributed by atoms with van der Waals surface area (Å²) < 4.78 is 18.7. The number of methoxy groups -OCH3 is 1. The van der Waals surface area contributed by atoms with E-state index in [4.69, 9.17) is 22.1 Å². The van der Waals surface area contributed by atoms with E-state index in [0.717, 1.165) is 0 Å². The zero-order valence-electron chi connectivity index (χ0n) is 11.3. The lowest BCUT2D eigenvalue weighted by Crippen LogP contribution is -2.12. The molecule has 0 fully saturated rings. The van der Waals surface area contributed by atoms with Gasteiger partial charge in [-0.3, -0.25) is 4.79 Å². The van der Waals surface area contributed by atoms with E-state index in [9.17, 15) is 9.18 Å². The van der Waals surface area contributed by atoms with E-state index in [1.54, 1.807) is 18.2 Å². The molecule has 110 valence electrons. The first-order valence-corrected chi connectivity index (χ1v) is 6.54. The summed E-state index contributed by atoms with van der Waals surface area (Å²) in [6, 6.07) is 9.15. The van der Waals surface area contributed by atoms with Crippen LogP contribution in [-0.4, -0.2) is 13.0 Å². The minimum Gasteiger partial charge on any atom is -0.495 e. The van der Waals surface area contributed by atoms with E-state index < -0.39 is 11.7 Å². The molecule has 0 aliphatic carbocycles. The second kappa shape index (κ2) is 6.45. The normalized spacial score (nSPS) is 10.2. The molecule has 0 atom stereocenters. The maximum absolute atomic E-state index is 13.7. The fourth-order valence-electron chi connectivity index (χ4n) is 1.84. The van der Waals surface area contributed by atoms with Crippen molar-refractivity contribution >= 4 is 23.2 Å². The van der Waals surface area contributed by atoms with Crippen LogP contribution in [0.5, 0.6) is 5.75 Å². The fourth-order valence-corrected chi connectivity index (χ4v) is 2.09. The Hall–Kier alpha value is -2.27. The van der Waals surface area contributed by atoms with Crippen LogP contribution in [0, 0.1) is 5.82 Å². The molecule has 0 heterocycles. The molecule has 0 radical (unpaired) electrons. The molecule has 3 N–H and O–H groups in total. The highest BCUT2D eigenvalue weighted by atomic mass is 35.5. The molecular weight excluding hydrogens is 295 g/mol. The molecule has 0 bridgehead atoms. The van der Waals surface area contributed by atoms with Gasteiger partial charge in [-0.25, -0.2) is 4.39 Å². The standard InChI is InChI=1S/C15H14ClFN2O2/c1-21-14-5-3-11(7-12(14)16)19-8-10-6-9(15(18)20)2-4-13(10)17/h2-7,19H,8H2,1H3,(H2,18,20). The zero-order valence-corrected chi connectivity index (χ0v) is 12.1. The Morgan fingerprint density at radius 3 is 2.71 bits per heavy atom. The van der Waals surface area contributed by atoms with Crippen LogP contribution in [-0.2, 0) is 6.54 Å². The maximum atomic E-state index is 13.7. The Morgan fingerprint density at radius 1 is 1.33 bits per heavy atom. The summed E-state index contributed by atoms with van der Waals surface area (Å²) in [7, 11) is 1.53. The van der Waals surface area contributed by atoms with Gasteiger partial charge < -0.3 is 15.8 Å². The van der Waals surface area contributed by atoms with E-state index >= 15 is 0 Å². The summed E-state index contributed by atoms with van der Waals surface area (Å²) in [6.45, 7) is 0.204. The molecule has 2 aromatic carbocycles. The summed E-state index contributed by atoms with van der Waals surface area (Å²) in [5, 5.41) is 3.48. The van der Waals surface area contributed by atoms with Crippen molar-refractivity contribution in [3.63, 3.8) is 0 Å². The highest BCUT2D eigenvalue weighted by molar-refractivity contribution is 6.32. The first-order chi connectivity index (χ1) is 10.0. The average Bonchev–Trinajstić information content (AvgIpc) is 2.46. The van der Waals surface area contributed by atoms with Crippen LogP contribution in [0.25, 0.3) is 0 Å². The molecule has 0 saturated heterocycles. The van der Waals surface area contributed by atoms with Gasteiger partial charge in [0.15, 0.2) is 0 Å². The van der Waals surface area contributed by atoms with E-state index in [1.165, 1.54) is 25.3 Å². The zero-order chi connectivity index (χ0) is 15.4. The first kappa shape index (κ1) is 15.1. The molecule has 4 nitrogen and oxygen atoms in total. The molecular formula is C15H14ClFN2O2. The molecule has 21 heavy (non-hydrogen) atoms. The van der Waals surface area contributed by atoms with E-state index in [-0.39, 0.29) is 12.1 Å². The smallest absolute Gasteiger partial charge is 0.248 e. The van der Waals surface area contributed by atoms with Gasteiger partial charge in [-0.05, 0) is 36.4 Å². The van der Waals surface area contributed by atoms with Gasteiger partial charge in [0.25, 0.3) is 0 Å². The topological polar surface area (TPSA) is 64.3 Å². The number of hydrogen-bond donors (Lipinski definition) is 2. The van der Waals surface area contributed by atoms with Crippen molar-refractivity contribution in [3.8, 4) is 5.75 Å². The number of carbonyl (C=O) groups is 1. The number of anilines is 1. The highest BCUT2D eigenvalue weighted by Gasteiger charge is 2.08. The summed E-state index contributed by atoms with van der Waals surface area (Å²) in [6.07, 6.45) is 0. The van der Waals surface area contributed by atoms with Gasteiger partial charge in [-0.2, -0.15) is 0 Å². The molecule has 0 aliphatic heterocycles. The number of rotatable bonds is 5. The van der Waals surface area contributed by atoms with Gasteiger partial charge in [0, 0.05) is 23.4 Å². The third-order valence-electron chi connectivity index (χ3n) is 2.96. The van der Waals surface area contributed by atoms with Gasteiger partial charge in [-0.1, -0.05) is 11.6 Å². The Labute approximate surface area is 126 Å². The van der Waals surface area contributed by atoms with E-state index in [2.05, 4.69) is 5.32 Å². The Balaban J connectivity index is 2.14. The van der Waals surface area contributed by atoms with Gasteiger partial charge in [0.2, 0.25) is 5.91 Å². The molecule has 0 spiro atoms. The molecule has 0 saturated carbocycles. The van der Waals surface area contributed by atoms with Crippen molar-refractivity contribution in [2.75, 3.05) is 12.4 Å². The third-order valence-corrected chi connectivity index (χ3v) is 3.26. The number of carbonyl (C=O) groups excluding carboxylic acids is 1. The Morgan fingerprint density at radius 2 is 2.10 bits per heavy atom. The monoisotopic (exact) mass is 308 g/mol. The van der Waals surface area contributed by atoms with Gasteiger partial charge in [0.1, 0.15) is 11.6 Å². The second-order valence-electron chi connectivity index (χ2n) is 4.37. The number of hydrogen-bond acceptors (Lipinski definition) is 3. The number of halogens is 2. The number of ether oxygens (including phenoxy) is 1. The number of amides is 1. The summed E-state index contributed by atoms with van der Waals surface area (Å²) in [4.78, 5) is 11.1. The lowest BCUT2D eigenvalue weighted by molar-refractivity contribution is 0.1000. The largest absolute Gasteiger partial charge is 0.495 e.